The van der Waals surface area contributed by atoms with Crippen LogP contribution in [0.3, 0.4) is 0 Å². The van der Waals surface area contributed by atoms with Gasteiger partial charge in [0.25, 0.3) is 5.91 Å². The molecule has 2 aliphatic carbocycles. The summed E-state index contributed by atoms with van der Waals surface area (Å²) in [6.07, 6.45) is 1.87. The number of nitrogens with zero attached hydrogens (tertiary/aromatic N) is 3. The smallest absolute Gasteiger partial charge is 0.382 e. The highest BCUT2D eigenvalue weighted by Crippen LogP contribution is 2.36. The molecular formula is C23H23F4N5O. The molecule has 0 aliphatic heterocycles. The summed E-state index contributed by atoms with van der Waals surface area (Å²) in [6, 6.07) is 6.14. The Morgan fingerprint density at radius 1 is 1.06 bits per heavy atom. The zero-order valence-electron chi connectivity index (χ0n) is 17.7. The van der Waals surface area contributed by atoms with Crippen LogP contribution >= 0.6 is 0 Å². The van der Waals surface area contributed by atoms with E-state index in [1.54, 1.807) is 16.9 Å². The highest BCUT2D eigenvalue weighted by atomic mass is 19.4. The lowest BCUT2D eigenvalue weighted by molar-refractivity contribution is -0.140. The maximum absolute atomic E-state index is 13.8. The highest BCUT2D eigenvalue weighted by Gasteiger charge is 2.34. The largest absolute Gasteiger partial charge is 0.433 e. The van der Waals surface area contributed by atoms with Crippen molar-refractivity contribution in [3.63, 3.8) is 0 Å². The molecule has 6 nitrogen and oxygen atoms in total. The molecule has 0 spiro atoms. The molecule has 2 saturated carbocycles. The van der Waals surface area contributed by atoms with Crippen molar-refractivity contribution >= 4 is 22.5 Å². The van der Waals surface area contributed by atoms with Gasteiger partial charge in [-0.25, -0.2) is 9.37 Å². The van der Waals surface area contributed by atoms with Crippen LogP contribution in [0, 0.1) is 5.82 Å². The SMILES string of the molecule is O=C(N[C@@H]1CCC[C@H](Nc2cc(C(F)(F)F)nc3ccc(F)cc23)C1)c1ccnn1C1CC1. The van der Waals surface area contributed by atoms with Crippen LogP contribution in [0.15, 0.2) is 36.5 Å². The fraction of sp³-hybridized carbons (Fsp3) is 0.435. The Morgan fingerprint density at radius 3 is 2.61 bits per heavy atom. The molecule has 0 unspecified atom stereocenters. The number of amides is 1. The maximum Gasteiger partial charge on any atom is 0.433 e. The average Bonchev–Trinajstić information content (AvgIpc) is 3.49. The van der Waals surface area contributed by atoms with Crippen molar-refractivity contribution in [2.75, 3.05) is 5.32 Å². The molecule has 1 aromatic carbocycles. The first-order valence-corrected chi connectivity index (χ1v) is 11.1. The van der Waals surface area contributed by atoms with Crippen LogP contribution in [0.1, 0.15) is 60.7 Å². The van der Waals surface area contributed by atoms with Crippen LogP contribution in [0.5, 0.6) is 0 Å². The number of hydrogen-bond acceptors (Lipinski definition) is 4. The normalized spacial score (nSPS) is 21.2. The Bertz CT molecular complexity index is 1190. The molecule has 2 fully saturated rings. The van der Waals surface area contributed by atoms with Crippen molar-refractivity contribution in [1.82, 2.24) is 20.1 Å². The summed E-state index contributed by atoms with van der Waals surface area (Å²) in [5.74, 6) is -0.742. The van der Waals surface area contributed by atoms with Gasteiger partial charge in [-0.2, -0.15) is 18.3 Å². The lowest BCUT2D eigenvalue weighted by Crippen LogP contribution is -2.42. The first-order valence-electron chi connectivity index (χ1n) is 11.1. The molecule has 2 atom stereocenters. The van der Waals surface area contributed by atoms with Crippen molar-refractivity contribution < 1.29 is 22.4 Å². The van der Waals surface area contributed by atoms with E-state index in [1.165, 1.54) is 12.1 Å². The van der Waals surface area contributed by atoms with E-state index >= 15 is 0 Å². The fourth-order valence-corrected chi connectivity index (χ4v) is 4.50. The molecule has 2 heterocycles. The maximum atomic E-state index is 13.8. The van der Waals surface area contributed by atoms with Crippen molar-refractivity contribution in [3.05, 3.63) is 53.7 Å². The van der Waals surface area contributed by atoms with Gasteiger partial charge in [-0.1, -0.05) is 0 Å². The van der Waals surface area contributed by atoms with E-state index < -0.39 is 17.7 Å². The van der Waals surface area contributed by atoms with E-state index in [-0.39, 0.29) is 35.2 Å². The molecule has 174 valence electrons. The van der Waals surface area contributed by atoms with Crippen molar-refractivity contribution in [3.8, 4) is 0 Å². The van der Waals surface area contributed by atoms with Gasteiger partial charge in [-0.05, 0) is 68.9 Å². The predicted octanol–water partition coefficient (Wildman–Crippen LogP) is 5.08. The third kappa shape index (κ3) is 4.65. The van der Waals surface area contributed by atoms with Gasteiger partial charge in [0.2, 0.25) is 0 Å². The zero-order valence-corrected chi connectivity index (χ0v) is 17.7. The quantitative estimate of drug-likeness (QED) is 0.520. The number of carbonyl (C=O) groups excluding carboxylic acids is 1. The number of carbonyl (C=O) groups is 1. The lowest BCUT2D eigenvalue weighted by atomic mass is 9.90. The van der Waals surface area contributed by atoms with Crippen LogP contribution in [-0.4, -0.2) is 32.8 Å². The number of rotatable bonds is 5. The van der Waals surface area contributed by atoms with Crippen molar-refractivity contribution in [2.45, 2.75) is 62.8 Å². The van der Waals surface area contributed by atoms with Crippen LogP contribution in [-0.2, 0) is 6.18 Å². The molecule has 0 bridgehead atoms. The molecular weight excluding hydrogens is 438 g/mol. The lowest BCUT2D eigenvalue weighted by Gasteiger charge is -2.31. The van der Waals surface area contributed by atoms with E-state index in [9.17, 15) is 22.4 Å². The number of alkyl halides is 3. The Morgan fingerprint density at radius 2 is 1.85 bits per heavy atom. The topological polar surface area (TPSA) is 71.8 Å². The summed E-state index contributed by atoms with van der Waals surface area (Å²) in [7, 11) is 0. The first kappa shape index (κ1) is 21.7. The van der Waals surface area contributed by atoms with Gasteiger partial charge in [0.1, 0.15) is 17.2 Å². The number of aromatic nitrogens is 3. The Kier molecular flexibility index (Phi) is 5.46. The van der Waals surface area contributed by atoms with E-state index in [4.69, 9.17) is 0 Å². The molecule has 1 amide bonds. The highest BCUT2D eigenvalue weighted by molar-refractivity contribution is 5.93. The third-order valence-corrected chi connectivity index (χ3v) is 6.23. The summed E-state index contributed by atoms with van der Waals surface area (Å²) in [4.78, 5) is 16.4. The van der Waals surface area contributed by atoms with Gasteiger partial charge >= 0.3 is 6.18 Å². The second-order valence-electron chi connectivity index (χ2n) is 8.78. The summed E-state index contributed by atoms with van der Waals surface area (Å²) >= 11 is 0. The van der Waals surface area contributed by atoms with Crippen molar-refractivity contribution in [2.24, 2.45) is 0 Å². The number of hydrogen-bond donors (Lipinski definition) is 2. The number of fused-ring (bicyclic) bond motifs is 1. The summed E-state index contributed by atoms with van der Waals surface area (Å²) in [6.45, 7) is 0. The third-order valence-electron chi connectivity index (χ3n) is 6.23. The van der Waals surface area contributed by atoms with E-state index in [2.05, 4.69) is 20.7 Å². The van der Waals surface area contributed by atoms with Gasteiger partial charge in [-0.3, -0.25) is 9.48 Å². The number of benzene rings is 1. The Hall–Kier alpha value is -3.17. The van der Waals surface area contributed by atoms with Crippen LogP contribution in [0.4, 0.5) is 23.2 Å². The molecule has 5 rings (SSSR count). The van der Waals surface area contributed by atoms with Crippen LogP contribution in [0.2, 0.25) is 0 Å². The van der Waals surface area contributed by atoms with Crippen LogP contribution < -0.4 is 10.6 Å². The molecule has 33 heavy (non-hydrogen) atoms. The minimum atomic E-state index is -4.62. The Balaban J connectivity index is 1.33. The number of pyridine rings is 1. The minimum absolute atomic E-state index is 0.0720. The molecule has 3 aromatic rings. The molecule has 2 N–H and O–H groups in total. The van der Waals surface area contributed by atoms with Gasteiger partial charge < -0.3 is 10.6 Å². The number of anilines is 1. The van der Waals surface area contributed by atoms with Crippen LogP contribution in [0.25, 0.3) is 10.9 Å². The standard InChI is InChI=1S/C23H23F4N5O/c24-13-4-7-18-17(10-13)19(12-21(31-18)23(25,26)27)29-14-2-1-3-15(11-14)30-22(33)20-8-9-28-32(20)16-5-6-16/h4,7-10,12,14-16H,1-3,5-6,11H2,(H,29,31)(H,30,33)/t14-,15+/m0/s1. The first-order chi connectivity index (χ1) is 15.8. The number of halogens is 4. The molecule has 2 aliphatic rings. The van der Waals surface area contributed by atoms with E-state index in [0.717, 1.165) is 44.2 Å². The van der Waals surface area contributed by atoms with E-state index in [0.29, 0.717) is 17.5 Å². The summed E-state index contributed by atoms with van der Waals surface area (Å²) in [5.41, 5.74) is -0.241. The fourth-order valence-electron chi connectivity index (χ4n) is 4.50. The molecule has 0 radical (unpaired) electrons. The van der Waals surface area contributed by atoms with Gasteiger partial charge in [-0.15, -0.1) is 0 Å². The molecule has 10 heteroatoms. The van der Waals surface area contributed by atoms with Gasteiger partial charge in [0, 0.05) is 29.4 Å². The van der Waals surface area contributed by atoms with Crippen molar-refractivity contribution in [1.29, 1.82) is 0 Å². The summed E-state index contributed by atoms with van der Waals surface area (Å²) in [5, 5.41) is 10.8. The second kappa shape index (κ2) is 8.31. The summed E-state index contributed by atoms with van der Waals surface area (Å²) < 4.78 is 55.7. The van der Waals surface area contributed by atoms with Gasteiger partial charge in [0.15, 0.2) is 0 Å². The average molecular weight is 461 g/mol. The molecule has 0 saturated heterocycles. The van der Waals surface area contributed by atoms with E-state index in [1.807, 2.05) is 0 Å². The Labute approximate surface area is 187 Å². The zero-order chi connectivity index (χ0) is 23.2. The van der Waals surface area contributed by atoms with Gasteiger partial charge in [0.05, 0.1) is 11.6 Å². The number of nitrogens with one attached hydrogen (secondary N) is 2. The predicted molar refractivity (Wildman–Crippen MR) is 114 cm³/mol. The minimum Gasteiger partial charge on any atom is -0.382 e. The second-order valence-corrected chi connectivity index (χ2v) is 8.78. The molecule has 2 aromatic heterocycles. The monoisotopic (exact) mass is 461 g/mol.